The number of nitrogens with one attached hydrogen (secondary N) is 1. The third-order valence-corrected chi connectivity index (χ3v) is 4.81. The van der Waals surface area contributed by atoms with Gasteiger partial charge in [-0.3, -0.25) is 9.79 Å². The number of carbonyl (C=O) groups is 2. The second-order valence-electron chi connectivity index (χ2n) is 6.11. The summed E-state index contributed by atoms with van der Waals surface area (Å²) in [6.07, 6.45) is -0.641. The molecule has 0 aliphatic carbocycles. The van der Waals surface area contributed by atoms with Crippen LogP contribution in [0.1, 0.15) is 24.1 Å². The van der Waals surface area contributed by atoms with Gasteiger partial charge in [-0.15, -0.1) is 0 Å². The topological polar surface area (TPSA) is 77.0 Å². The monoisotopic (exact) mass is 446 g/mol. The summed E-state index contributed by atoms with van der Waals surface area (Å²) in [4.78, 5) is 29.1. The molecule has 1 unspecified atom stereocenters. The molecule has 2 atom stereocenters. The minimum atomic E-state index is -0.797. The summed E-state index contributed by atoms with van der Waals surface area (Å²) in [6, 6.07) is 16.4. The zero-order valence-electron chi connectivity index (χ0n) is 16.0. The van der Waals surface area contributed by atoms with Crippen LogP contribution in [0.25, 0.3) is 0 Å². The fraction of sp³-hybridized carbons (Fsp3) is 0.286. The maximum absolute atomic E-state index is 12.6. The van der Waals surface area contributed by atoms with E-state index in [-0.39, 0.29) is 0 Å². The van der Waals surface area contributed by atoms with E-state index in [1.54, 1.807) is 6.92 Å². The lowest BCUT2D eigenvalue weighted by molar-refractivity contribution is -0.143. The molecular weight excluding hydrogens is 424 g/mol. The first-order valence-electron chi connectivity index (χ1n) is 8.69. The van der Waals surface area contributed by atoms with E-state index in [1.165, 1.54) is 14.2 Å². The second-order valence-corrected chi connectivity index (χ2v) is 7.02. The van der Waals surface area contributed by atoms with Crippen LogP contribution in [0.2, 0.25) is 0 Å². The van der Waals surface area contributed by atoms with Gasteiger partial charge in [0.25, 0.3) is 0 Å². The number of ether oxygens (including phenoxy) is 2. The molecule has 2 aromatic carbocycles. The quantitative estimate of drug-likeness (QED) is 0.507. The van der Waals surface area contributed by atoms with Crippen molar-refractivity contribution in [1.82, 2.24) is 5.32 Å². The molecule has 0 fully saturated rings. The fourth-order valence-corrected chi connectivity index (χ4v) is 3.05. The Labute approximate surface area is 173 Å². The molecule has 0 aliphatic rings. The summed E-state index contributed by atoms with van der Waals surface area (Å²) in [7, 11) is 2.59. The maximum Gasteiger partial charge on any atom is 0.407 e. The van der Waals surface area contributed by atoms with Crippen molar-refractivity contribution < 1.29 is 19.1 Å². The van der Waals surface area contributed by atoms with Gasteiger partial charge >= 0.3 is 12.1 Å². The van der Waals surface area contributed by atoms with E-state index in [0.29, 0.717) is 12.3 Å². The van der Waals surface area contributed by atoms with Crippen molar-refractivity contribution in [2.75, 3.05) is 14.2 Å². The first-order valence-corrected chi connectivity index (χ1v) is 9.48. The van der Waals surface area contributed by atoms with Gasteiger partial charge in [0.15, 0.2) is 0 Å². The highest BCUT2D eigenvalue weighted by Crippen LogP contribution is 2.27. The number of carbonyl (C=O) groups excluding carboxylic acids is 2. The first kappa shape index (κ1) is 21.6. The number of nitrogens with zero attached hydrogens (tertiary/aromatic N) is 1. The van der Waals surface area contributed by atoms with E-state index >= 15 is 0 Å². The van der Waals surface area contributed by atoms with Crippen LogP contribution in [0.5, 0.6) is 0 Å². The summed E-state index contributed by atoms with van der Waals surface area (Å²) >= 11 is 3.39. The van der Waals surface area contributed by atoms with Crippen molar-refractivity contribution in [1.29, 1.82) is 0 Å². The van der Waals surface area contributed by atoms with Crippen LogP contribution in [0, 0.1) is 5.92 Å². The molecule has 2 aromatic rings. The van der Waals surface area contributed by atoms with Crippen molar-refractivity contribution in [3.05, 3.63) is 70.2 Å². The normalized spacial score (nSPS) is 13.4. The standard InChI is InChI=1S/C21H23BrN2O4/c1-14(23-13-15-7-5-4-6-8-15)18(20(25)27-2)19(24-21(26)28-3)16-9-11-17(22)12-10-16/h4-12,18-19H,13H2,1-3H3,(H,24,26)/t18?,19-/m0/s1. The number of hydrogen-bond acceptors (Lipinski definition) is 5. The predicted molar refractivity (Wildman–Crippen MR) is 111 cm³/mol. The van der Waals surface area contributed by atoms with Crippen molar-refractivity contribution in [2.24, 2.45) is 10.9 Å². The number of hydrogen-bond donors (Lipinski definition) is 1. The van der Waals surface area contributed by atoms with Crippen LogP contribution in [0.3, 0.4) is 0 Å². The van der Waals surface area contributed by atoms with Crippen molar-refractivity contribution in [2.45, 2.75) is 19.5 Å². The molecule has 0 saturated carbocycles. The minimum absolute atomic E-state index is 0.422. The van der Waals surface area contributed by atoms with Gasteiger partial charge in [-0.25, -0.2) is 4.79 Å². The summed E-state index contributed by atoms with van der Waals surface area (Å²) in [5.41, 5.74) is 2.31. The van der Waals surface area contributed by atoms with Gasteiger partial charge < -0.3 is 14.8 Å². The molecule has 0 bridgehead atoms. The Balaban J connectivity index is 2.39. The molecule has 0 spiro atoms. The minimum Gasteiger partial charge on any atom is -0.468 e. The molecule has 0 aliphatic heterocycles. The number of halogens is 1. The summed E-state index contributed by atoms with van der Waals surface area (Å²) in [5.74, 6) is -1.28. The molecule has 7 heteroatoms. The molecule has 0 saturated heterocycles. The first-order chi connectivity index (χ1) is 13.5. The van der Waals surface area contributed by atoms with Gasteiger partial charge in [0, 0.05) is 10.2 Å². The number of benzene rings is 2. The Morgan fingerprint density at radius 3 is 2.25 bits per heavy atom. The van der Waals surface area contributed by atoms with Gasteiger partial charge in [-0.1, -0.05) is 58.4 Å². The van der Waals surface area contributed by atoms with Crippen LogP contribution in [-0.4, -0.2) is 32.0 Å². The third-order valence-electron chi connectivity index (χ3n) is 4.28. The molecule has 0 aromatic heterocycles. The molecular formula is C21H23BrN2O4. The van der Waals surface area contributed by atoms with Gasteiger partial charge in [-0.05, 0) is 30.2 Å². The molecule has 2 rings (SSSR count). The highest BCUT2D eigenvalue weighted by molar-refractivity contribution is 9.10. The van der Waals surface area contributed by atoms with Crippen LogP contribution in [-0.2, 0) is 20.8 Å². The molecule has 6 nitrogen and oxygen atoms in total. The predicted octanol–water partition coefficient (Wildman–Crippen LogP) is 4.30. The van der Waals surface area contributed by atoms with E-state index in [1.807, 2.05) is 54.6 Å². The molecule has 0 radical (unpaired) electrons. The average Bonchev–Trinajstić information content (AvgIpc) is 2.72. The van der Waals surface area contributed by atoms with Crippen LogP contribution < -0.4 is 5.32 Å². The average molecular weight is 447 g/mol. The molecule has 1 amide bonds. The molecule has 148 valence electrons. The van der Waals surface area contributed by atoms with Gasteiger partial charge in [0.2, 0.25) is 0 Å². The molecule has 0 heterocycles. The van der Waals surface area contributed by atoms with Crippen LogP contribution in [0.15, 0.2) is 64.1 Å². The number of amides is 1. The van der Waals surface area contributed by atoms with Crippen LogP contribution in [0.4, 0.5) is 4.79 Å². The summed E-state index contributed by atoms with van der Waals surface area (Å²) < 4.78 is 10.6. The number of aliphatic imine (C=N–C) groups is 1. The van der Waals surface area contributed by atoms with E-state index in [0.717, 1.165) is 15.6 Å². The summed E-state index contributed by atoms with van der Waals surface area (Å²) in [5, 5.41) is 2.74. The lowest BCUT2D eigenvalue weighted by Gasteiger charge is -2.26. The Morgan fingerprint density at radius 1 is 1.04 bits per heavy atom. The van der Waals surface area contributed by atoms with E-state index < -0.39 is 24.0 Å². The smallest absolute Gasteiger partial charge is 0.407 e. The number of methoxy groups -OCH3 is 2. The number of alkyl carbamates (subject to hydrolysis) is 1. The second kappa shape index (κ2) is 10.6. The largest absolute Gasteiger partial charge is 0.468 e. The summed E-state index contributed by atoms with van der Waals surface area (Å²) in [6.45, 7) is 2.18. The lowest BCUT2D eigenvalue weighted by Crippen LogP contribution is -2.40. The van der Waals surface area contributed by atoms with Crippen molar-refractivity contribution >= 4 is 33.7 Å². The SMILES string of the molecule is COC(=O)N[C@@H](c1ccc(Br)cc1)C(C(=O)OC)C(C)=NCc1ccccc1. The molecule has 28 heavy (non-hydrogen) atoms. The Morgan fingerprint density at radius 2 is 1.68 bits per heavy atom. The highest BCUT2D eigenvalue weighted by atomic mass is 79.9. The van der Waals surface area contributed by atoms with E-state index in [2.05, 4.69) is 26.2 Å². The van der Waals surface area contributed by atoms with Gasteiger partial charge in [0.05, 0.1) is 26.8 Å². The Bertz CT molecular complexity index is 822. The Hall–Kier alpha value is -2.67. The number of rotatable bonds is 7. The maximum atomic E-state index is 12.6. The highest BCUT2D eigenvalue weighted by Gasteiger charge is 2.34. The Kier molecular flexibility index (Phi) is 8.19. The third kappa shape index (κ3) is 5.92. The van der Waals surface area contributed by atoms with Gasteiger partial charge in [0.1, 0.15) is 5.92 Å². The van der Waals surface area contributed by atoms with E-state index in [9.17, 15) is 9.59 Å². The van der Waals surface area contributed by atoms with E-state index in [4.69, 9.17) is 9.47 Å². The van der Waals surface area contributed by atoms with Crippen molar-refractivity contribution in [3.8, 4) is 0 Å². The lowest BCUT2D eigenvalue weighted by atomic mass is 9.89. The van der Waals surface area contributed by atoms with Crippen molar-refractivity contribution in [3.63, 3.8) is 0 Å². The molecule has 1 N–H and O–H groups in total. The van der Waals surface area contributed by atoms with Crippen LogP contribution >= 0.6 is 15.9 Å². The number of esters is 1. The fourth-order valence-electron chi connectivity index (χ4n) is 2.79. The zero-order valence-corrected chi connectivity index (χ0v) is 17.6. The zero-order chi connectivity index (χ0) is 20.5. The van der Waals surface area contributed by atoms with Gasteiger partial charge in [-0.2, -0.15) is 0 Å².